The smallest absolute Gasteiger partial charge is 0.252 e. The standard InChI is InChI=1S/C16H20ClN5O2/c1-21-5-7-22(8-6-21)16-19-13(15(24)20-16)10-14(23)18-12-4-2-3-11(17)9-12/h2-4,9,13H,5-8,10H2,1H3,(H,18,23)(H,19,20,24)/t13-/m0/s1. The quantitative estimate of drug-likeness (QED) is 0.845. The van der Waals surface area contributed by atoms with Crippen molar-refractivity contribution in [3.8, 4) is 0 Å². The molecule has 0 bridgehead atoms. The Kier molecular flexibility index (Phi) is 5.01. The molecular weight excluding hydrogens is 330 g/mol. The molecule has 0 saturated carbocycles. The number of anilines is 1. The Bertz CT molecular complexity index is 670. The van der Waals surface area contributed by atoms with Crippen LogP contribution in [0.1, 0.15) is 6.42 Å². The van der Waals surface area contributed by atoms with Crippen molar-refractivity contribution in [2.75, 3.05) is 38.5 Å². The van der Waals surface area contributed by atoms with Crippen molar-refractivity contribution >= 4 is 35.1 Å². The number of hydrogen-bond donors (Lipinski definition) is 2. The first-order chi connectivity index (χ1) is 11.5. The van der Waals surface area contributed by atoms with E-state index in [9.17, 15) is 9.59 Å². The first-order valence-electron chi connectivity index (χ1n) is 7.89. The predicted octanol–water partition coefficient (Wildman–Crippen LogP) is 0.770. The van der Waals surface area contributed by atoms with Gasteiger partial charge in [-0.25, -0.2) is 4.99 Å². The SMILES string of the molecule is CN1CCN(C2=N[C@@H](CC(=O)Nc3cccc(Cl)c3)C(=O)N2)CC1. The summed E-state index contributed by atoms with van der Waals surface area (Å²) >= 11 is 5.89. The van der Waals surface area contributed by atoms with Gasteiger partial charge in [-0.1, -0.05) is 17.7 Å². The lowest BCUT2D eigenvalue weighted by Crippen LogP contribution is -2.50. The Hall–Kier alpha value is -2.12. The summed E-state index contributed by atoms with van der Waals surface area (Å²) in [7, 11) is 2.06. The largest absolute Gasteiger partial charge is 0.340 e. The highest BCUT2D eigenvalue weighted by Gasteiger charge is 2.31. The second-order valence-corrected chi connectivity index (χ2v) is 6.45. The predicted molar refractivity (Wildman–Crippen MR) is 93.1 cm³/mol. The monoisotopic (exact) mass is 349 g/mol. The van der Waals surface area contributed by atoms with E-state index in [1.54, 1.807) is 24.3 Å². The Morgan fingerprint density at radius 1 is 1.38 bits per heavy atom. The highest BCUT2D eigenvalue weighted by atomic mass is 35.5. The van der Waals surface area contributed by atoms with Crippen LogP contribution < -0.4 is 10.6 Å². The molecule has 1 aromatic rings. The van der Waals surface area contributed by atoms with E-state index in [2.05, 4.69) is 27.6 Å². The Morgan fingerprint density at radius 2 is 2.12 bits per heavy atom. The maximum Gasteiger partial charge on any atom is 0.252 e. The number of likely N-dealkylation sites (N-methyl/N-ethyl adjacent to an activating group) is 1. The molecule has 8 heteroatoms. The molecule has 0 aliphatic carbocycles. The molecule has 1 atom stereocenters. The highest BCUT2D eigenvalue weighted by molar-refractivity contribution is 6.30. The third kappa shape index (κ3) is 4.04. The molecule has 1 fully saturated rings. The van der Waals surface area contributed by atoms with Crippen molar-refractivity contribution in [1.29, 1.82) is 0 Å². The molecule has 2 N–H and O–H groups in total. The van der Waals surface area contributed by atoms with Crippen LogP contribution in [0.15, 0.2) is 29.3 Å². The van der Waals surface area contributed by atoms with Gasteiger partial charge in [0.2, 0.25) is 11.9 Å². The van der Waals surface area contributed by atoms with Gasteiger partial charge in [0.25, 0.3) is 5.91 Å². The Morgan fingerprint density at radius 3 is 2.83 bits per heavy atom. The normalized spacial score (nSPS) is 21.4. The number of piperazine rings is 1. The molecule has 0 unspecified atom stereocenters. The first-order valence-corrected chi connectivity index (χ1v) is 8.26. The molecule has 2 amide bonds. The molecule has 7 nitrogen and oxygen atoms in total. The summed E-state index contributed by atoms with van der Waals surface area (Å²) in [5.74, 6) is 0.0830. The molecule has 1 aromatic carbocycles. The van der Waals surface area contributed by atoms with E-state index >= 15 is 0 Å². The van der Waals surface area contributed by atoms with Gasteiger partial charge in [-0.15, -0.1) is 0 Å². The van der Waals surface area contributed by atoms with E-state index in [0.717, 1.165) is 26.2 Å². The van der Waals surface area contributed by atoms with E-state index < -0.39 is 6.04 Å². The lowest BCUT2D eigenvalue weighted by molar-refractivity contribution is -0.124. The number of carbonyl (C=O) groups excluding carboxylic acids is 2. The summed E-state index contributed by atoms with van der Waals surface area (Å²) in [6, 6.07) is 6.21. The van der Waals surface area contributed by atoms with Crippen LogP contribution in [0.2, 0.25) is 5.02 Å². The van der Waals surface area contributed by atoms with Gasteiger partial charge in [-0.3, -0.25) is 14.9 Å². The van der Waals surface area contributed by atoms with Crippen molar-refractivity contribution < 1.29 is 9.59 Å². The van der Waals surface area contributed by atoms with E-state index in [4.69, 9.17) is 11.6 Å². The molecular formula is C16H20ClN5O2. The molecule has 128 valence electrons. The van der Waals surface area contributed by atoms with Crippen LogP contribution in [-0.4, -0.2) is 66.8 Å². The van der Waals surface area contributed by atoms with Crippen LogP contribution in [0.5, 0.6) is 0 Å². The van der Waals surface area contributed by atoms with E-state index in [0.29, 0.717) is 16.7 Å². The van der Waals surface area contributed by atoms with Crippen LogP contribution in [0.3, 0.4) is 0 Å². The van der Waals surface area contributed by atoms with Gasteiger partial charge >= 0.3 is 0 Å². The molecule has 24 heavy (non-hydrogen) atoms. The van der Waals surface area contributed by atoms with Gasteiger partial charge in [0, 0.05) is 36.9 Å². The van der Waals surface area contributed by atoms with Gasteiger partial charge in [-0.05, 0) is 25.2 Å². The molecule has 2 heterocycles. The zero-order valence-corrected chi connectivity index (χ0v) is 14.2. The summed E-state index contributed by atoms with van der Waals surface area (Å²) in [5.41, 5.74) is 0.606. The van der Waals surface area contributed by atoms with Gasteiger partial charge in [0.15, 0.2) is 0 Å². The van der Waals surface area contributed by atoms with Crippen LogP contribution in [-0.2, 0) is 9.59 Å². The number of guanidine groups is 1. The number of carbonyl (C=O) groups is 2. The number of rotatable bonds is 3. The fraction of sp³-hybridized carbons (Fsp3) is 0.438. The maximum absolute atomic E-state index is 12.1. The van der Waals surface area contributed by atoms with Crippen molar-refractivity contribution in [2.24, 2.45) is 4.99 Å². The van der Waals surface area contributed by atoms with Gasteiger partial charge < -0.3 is 15.1 Å². The van der Waals surface area contributed by atoms with Crippen molar-refractivity contribution in [2.45, 2.75) is 12.5 Å². The molecule has 2 aliphatic rings. The summed E-state index contributed by atoms with van der Waals surface area (Å²) in [4.78, 5) is 32.9. The summed E-state index contributed by atoms with van der Waals surface area (Å²) in [6.45, 7) is 3.48. The van der Waals surface area contributed by atoms with Gasteiger partial charge in [0.05, 0.1) is 6.42 Å². The molecule has 1 saturated heterocycles. The number of nitrogens with zero attached hydrogens (tertiary/aromatic N) is 3. The number of amides is 2. The fourth-order valence-electron chi connectivity index (χ4n) is 2.70. The van der Waals surface area contributed by atoms with Crippen molar-refractivity contribution in [3.63, 3.8) is 0 Å². The zero-order valence-electron chi connectivity index (χ0n) is 13.5. The minimum atomic E-state index is -0.682. The molecule has 0 radical (unpaired) electrons. The molecule has 2 aliphatic heterocycles. The minimum absolute atomic E-state index is 0.00951. The van der Waals surface area contributed by atoms with Crippen molar-refractivity contribution in [1.82, 2.24) is 15.1 Å². The molecule has 0 spiro atoms. The van der Waals surface area contributed by atoms with Crippen LogP contribution >= 0.6 is 11.6 Å². The van der Waals surface area contributed by atoms with Gasteiger partial charge in [0.1, 0.15) is 6.04 Å². The molecule has 3 rings (SSSR count). The summed E-state index contributed by atoms with van der Waals surface area (Å²) < 4.78 is 0. The average molecular weight is 350 g/mol. The van der Waals surface area contributed by atoms with Crippen LogP contribution in [0.4, 0.5) is 5.69 Å². The Balaban J connectivity index is 1.58. The third-order valence-electron chi connectivity index (χ3n) is 4.11. The number of halogens is 1. The van der Waals surface area contributed by atoms with E-state index in [-0.39, 0.29) is 18.2 Å². The number of benzene rings is 1. The third-order valence-corrected chi connectivity index (χ3v) is 4.34. The number of aliphatic imine (C=N–C) groups is 1. The summed E-state index contributed by atoms with van der Waals surface area (Å²) in [6.07, 6.45) is 0.00951. The van der Waals surface area contributed by atoms with Crippen LogP contribution in [0.25, 0.3) is 0 Å². The number of nitrogens with one attached hydrogen (secondary N) is 2. The molecule has 0 aromatic heterocycles. The maximum atomic E-state index is 12.1. The minimum Gasteiger partial charge on any atom is -0.340 e. The van der Waals surface area contributed by atoms with Crippen molar-refractivity contribution in [3.05, 3.63) is 29.3 Å². The highest BCUT2D eigenvalue weighted by Crippen LogP contribution is 2.16. The number of hydrogen-bond acceptors (Lipinski definition) is 5. The van der Waals surface area contributed by atoms with Crippen LogP contribution in [0, 0.1) is 0 Å². The van der Waals surface area contributed by atoms with E-state index in [1.165, 1.54) is 0 Å². The Labute approximate surface area is 145 Å². The lowest BCUT2D eigenvalue weighted by atomic mass is 10.2. The second-order valence-electron chi connectivity index (χ2n) is 6.01. The summed E-state index contributed by atoms with van der Waals surface area (Å²) in [5, 5.41) is 6.06. The zero-order chi connectivity index (χ0) is 17.1. The fourth-order valence-corrected chi connectivity index (χ4v) is 2.89. The average Bonchev–Trinajstić information content (AvgIpc) is 2.89. The van der Waals surface area contributed by atoms with Gasteiger partial charge in [-0.2, -0.15) is 0 Å². The lowest BCUT2D eigenvalue weighted by Gasteiger charge is -2.33. The topological polar surface area (TPSA) is 77.0 Å². The first kappa shape index (κ1) is 16.7. The second kappa shape index (κ2) is 7.19. The van der Waals surface area contributed by atoms with E-state index in [1.807, 2.05) is 4.90 Å².